The Kier molecular flexibility index (Phi) is 4.02. The lowest BCUT2D eigenvalue weighted by atomic mass is 9.98. The second-order valence-corrected chi connectivity index (χ2v) is 7.02. The summed E-state index contributed by atoms with van der Waals surface area (Å²) < 4.78 is 1.89. The number of fused-ring (bicyclic) bond motifs is 2. The van der Waals surface area contributed by atoms with Crippen LogP contribution in [0.3, 0.4) is 0 Å². The van der Waals surface area contributed by atoms with E-state index >= 15 is 0 Å². The van der Waals surface area contributed by atoms with Crippen LogP contribution < -0.4 is 5.56 Å². The Bertz CT molecular complexity index is 1340. The molecule has 0 amide bonds. The zero-order chi connectivity index (χ0) is 18.9. The van der Waals surface area contributed by atoms with Crippen LogP contribution in [0.25, 0.3) is 32.8 Å². The minimum Gasteiger partial charge on any atom is -0.303 e. The molecule has 0 spiro atoms. The molecule has 4 aromatic carbocycles. The minimum absolute atomic E-state index is 0.0407. The number of aromatic nitrogens is 1. The first-order chi connectivity index (χ1) is 13.8. The van der Waals surface area contributed by atoms with Crippen LogP contribution in [0.2, 0.25) is 0 Å². The Hall–Kier alpha value is -3.65. The maximum Gasteiger partial charge on any atom is 0.259 e. The zero-order valence-electron chi connectivity index (χ0n) is 15.4. The van der Waals surface area contributed by atoms with Crippen molar-refractivity contribution < 1.29 is 0 Å². The van der Waals surface area contributed by atoms with E-state index in [1.807, 2.05) is 71.3 Å². The van der Waals surface area contributed by atoms with E-state index in [9.17, 15) is 4.79 Å². The summed E-state index contributed by atoms with van der Waals surface area (Å²) in [6, 6.07) is 34.6. The van der Waals surface area contributed by atoms with E-state index in [-0.39, 0.29) is 5.56 Å². The van der Waals surface area contributed by atoms with Gasteiger partial charge in [-0.3, -0.25) is 4.79 Å². The van der Waals surface area contributed by atoms with E-state index in [1.54, 1.807) is 0 Å². The smallest absolute Gasteiger partial charge is 0.259 e. The molecule has 0 aliphatic rings. The first kappa shape index (κ1) is 16.5. The first-order valence-corrected chi connectivity index (χ1v) is 9.46. The van der Waals surface area contributed by atoms with E-state index in [1.165, 1.54) is 0 Å². The van der Waals surface area contributed by atoms with E-state index in [0.29, 0.717) is 6.54 Å². The van der Waals surface area contributed by atoms with Crippen LogP contribution in [-0.2, 0) is 6.54 Å². The number of rotatable bonds is 3. The summed E-state index contributed by atoms with van der Waals surface area (Å²) in [6.07, 6.45) is 0. The number of pyridine rings is 1. The first-order valence-electron chi connectivity index (χ1n) is 9.46. The molecule has 0 unspecified atom stereocenters. The van der Waals surface area contributed by atoms with Crippen molar-refractivity contribution in [3.8, 4) is 11.1 Å². The van der Waals surface area contributed by atoms with E-state index in [0.717, 1.165) is 38.4 Å². The van der Waals surface area contributed by atoms with E-state index in [2.05, 4.69) is 36.4 Å². The van der Waals surface area contributed by atoms with Gasteiger partial charge in [0.25, 0.3) is 5.56 Å². The highest BCUT2D eigenvalue weighted by molar-refractivity contribution is 5.98. The molecule has 0 saturated carbocycles. The highest BCUT2D eigenvalue weighted by Crippen LogP contribution is 2.28. The normalized spacial score (nSPS) is 11.1. The lowest BCUT2D eigenvalue weighted by molar-refractivity contribution is 0.797. The zero-order valence-corrected chi connectivity index (χ0v) is 15.4. The Morgan fingerprint density at radius 3 is 2.14 bits per heavy atom. The van der Waals surface area contributed by atoms with Gasteiger partial charge in [-0.05, 0) is 39.4 Å². The molecule has 0 bridgehead atoms. The number of benzene rings is 4. The van der Waals surface area contributed by atoms with Crippen LogP contribution in [0.1, 0.15) is 5.56 Å². The summed E-state index contributed by atoms with van der Waals surface area (Å²) in [5.74, 6) is 0. The van der Waals surface area contributed by atoms with Gasteiger partial charge < -0.3 is 4.57 Å². The highest BCUT2D eigenvalue weighted by atomic mass is 16.1. The molecule has 134 valence electrons. The lowest BCUT2D eigenvalue weighted by Crippen LogP contribution is -2.22. The molecular formula is C26H19NO. The van der Waals surface area contributed by atoms with Crippen LogP contribution >= 0.6 is 0 Å². The van der Waals surface area contributed by atoms with E-state index < -0.39 is 0 Å². The van der Waals surface area contributed by atoms with Gasteiger partial charge in [0.15, 0.2) is 0 Å². The Balaban J connectivity index is 1.81. The van der Waals surface area contributed by atoms with Crippen LogP contribution in [0.15, 0.2) is 108 Å². The molecule has 1 heterocycles. The monoisotopic (exact) mass is 361 g/mol. The molecule has 1 aromatic heterocycles. The fourth-order valence-corrected chi connectivity index (χ4v) is 3.90. The second-order valence-electron chi connectivity index (χ2n) is 7.02. The Morgan fingerprint density at radius 1 is 0.607 bits per heavy atom. The molecule has 2 nitrogen and oxygen atoms in total. The van der Waals surface area contributed by atoms with Crippen LogP contribution in [0.5, 0.6) is 0 Å². The number of hydrogen-bond donors (Lipinski definition) is 0. The molecule has 0 aliphatic carbocycles. The van der Waals surface area contributed by atoms with Gasteiger partial charge in [0.1, 0.15) is 0 Å². The molecule has 0 atom stereocenters. The van der Waals surface area contributed by atoms with Gasteiger partial charge in [-0.2, -0.15) is 0 Å². The number of nitrogens with zero attached hydrogens (tertiary/aromatic N) is 1. The maximum atomic E-state index is 13.6. The van der Waals surface area contributed by atoms with Gasteiger partial charge in [-0.15, -0.1) is 0 Å². The van der Waals surface area contributed by atoms with Crippen molar-refractivity contribution in [3.63, 3.8) is 0 Å². The van der Waals surface area contributed by atoms with Gasteiger partial charge in [-0.1, -0.05) is 91.0 Å². The SMILES string of the molecule is O=c1c(-c2cccc3ccccc23)cc2ccccc2n1Cc1ccccc1. The second kappa shape index (κ2) is 6.82. The predicted molar refractivity (Wildman–Crippen MR) is 117 cm³/mol. The molecule has 0 aliphatic heterocycles. The fraction of sp³-hybridized carbons (Fsp3) is 0.0385. The lowest BCUT2D eigenvalue weighted by Gasteiger charge is -2.14. The summed E-state index contributed by atoms with van der Waals surface area (Å²) in [4.78, 5) is 13.6. The van der Waals surface area contributed by atoms with E-state index in [4.69, 9.17) is 0 Å². The number of hydrogen-bond acceptors (Lipinski definition) is 1. The predicted octanol–water partition coefficient (Wildman–Crippen LogP) is 5.87. The topological polar surface area (TPSA) is 22.0 Å². The van der Waals surface area contributed by atoms with Crippen LogP contribution in [-0.4, -0.2) is 4.57 Å². The van der Waals surface area contributed by atoms with Crippen LogP contribution in [0.4, 0.5) is 0 Å². The van der Waals surface area contributed by atoms with Gasteiger partial charge in [-0.25, -0.2) is 0 Å². The summed E-state index contributed by atoms with van der Waals surface area (Å²) in [5.41, 5.74) is 3.84. The summed E-state index contributed by atoms with van der Waals surface area (Å²) >= 11 is 0. The van der Waals surface area contributed by atoms with Crippen molar-refractivity contribution in [1.82, 2.24) is 4.57 Å². The van der Waals surface area contributed by atoms with Crippen molar-refractivity contribution in [2.45, 2.75) is 6.54 Å². The molecule has 0 saturated heterocycles. The average molecular weight is 361 g/mol. The largest absolute Gasteiger partial charge is 0.303 e. The van der Waals surface area contributed by atoms with Crippen molar-refractivity contribution >= 4 is 21.7 Å². The molecule has 0 fully saturated rings. The molecular weight excluding hydrogens is 342 g/mol. The third kappa shape index (κ3) is 2.80. The van der Waals surface area contributed by atoms with Gasteiger partial charge in [0, 0.05) is 5.56 Å². The summed E-state index contributed by atoms with van der Waals surface area (Å²) in [6.45, 7) is 0.554. The van der Waals surface area contributed by atoms with Gasteiger partial charge in [0.05, 0.1) is 12.1 Å². The fourth-order valence-electron chi connectivity index (χ4n) is 3.90. The summed E-state index contributed by atoms with van der Waals surface area (Å²) in [5, 5.41) is 3.31. The third-order valence-corrected chi connectivity index (χ3v) is 5.27. The van der Waals surface area contributed by atoms with Crippen molar-refractivity contribution in [1.29, 1.82) is 0 Å². The quantitative estimate of drug-likeness (QED) is 0.394. The molecule has 2 heteroatoms. The van der Waals surface area contributed by atoms with Gasteiger partial charge >= 0.3 is 0 Å². The van der Waals surface area contributed by atoms with Crippen molar-refractivity contribution in [2.75, 3.05) is 0 Å². The molecule has 0 N–H and O–H groups in total. The third-order valence-electron chi connectivity index (χ3n) is 5.27. The van der Waals surface area contributed by atoms with Crippen molar-refractivity contribution in [3.05, 3.63) is 119 Å². The minimum atomic E-state index is 0.0407. The Morgan fingerprint density at radius 2 is 1.29 bits per heavy atom. The molecule has 5 aromatic rings. The molecule has 28 heavy (non-hydrogen) atoms. The Labute approximate surface area is 163 Å². The average Bonchev–Trinajstić information content (AvgIpc) is 2.76. The maximum absolute atomic E-state index is 13.6. The number of para-hydroxylation sites is 1. The van der Waals surface area contributed by atoms with Gasteiger partial charge in [0.2, 0.25) is 0 Å². The molecule has 5 rings (SSSR count). The van der Waals surface area contributed by atoms with Crippen molar-refractivity contribution in [2.24, 2.45) is 0 Å². The highest BCUT2D eigenvalue weighted by Gasteiger charge is 2.13. The summed E-state index contributed by atoms with van der Waals surface area (Å²) in [7, 11) is 0. The molecule has 0 radical (unpaired) electrons. The standard InChI is InChI=1S/C26H19NO/c28-26-24(23-15-8-13-20-11-4-6-14-22(20)23)17-21-12-5-7-16-25(21)27(26)18-19-9-2-1-3-10-19/h1-17H,18H2. The van der Waals surface area contributed by atoms with Crippen LogP contribution in [0, 0.1) is 0 Å².